The first-order valence-corrected chi connectivity index (χ1v) is 5.94. The van der Waals surface area contributed by atoms with Crippen LogP contribution >= 0.6 is 0 Å². The summed E-state index contributed by atoms with van der Waals surface area (Å²) < 4.78 is 5.08. The second-order valence-electron chi connectivity index (χ2n) is 5.35. The van der Waals surface area contributed by atoms with Crippen molar-refractivity contribution in [3.05, 3.63) is 0 Å². The molecule has 0 saturated heterocycles. The van der Waals surface area contributed by atoms with Crippen LogP contribution in [0.4, 0.5) is 4.79 Å². The number of carbonyl (C=O) groups is 2. The van der Waals surface area contributed by atoms with Crippen LogP contribution < -0.4 is 11.1 Å². The first-order valence-electron chi connectivity index (χ1n) is 5.94. The highest BCUT2D eigenvalue weighted by molar-refractivity contribution is 5.84. The van der Waals surface area contributed by atoms with Crippen LogP contribution in [0, 0.1) is 5.92 Å². The molecule has 0 aliphatic heterocycles. The van der Waals surface area contributed by atoms with Crippen molar-refractivity contribution in [3.8, 4) is 0 Å². The van der Waals surface area contributed by atoms with E-state index in [4.69, 9.17) is 10.5 Å². The number of nitrogens with two attached hydrogens (primary N) is 1. The topological polar surface area (TPSA) is 81.4 Å². The Morgan fingerprint density at radius 3 is 2.24 bits per heavy atom. The van der Waals surface area contributed by atoms with Crippen molar-refractivity contribution in [2.75, 3.05) is 0 Å². The molecule has 0 rings (SSSR count). The zero-order valence-electron chi connectivity index (χ0n) is 11.4. The van der Waals surface area contributed by atoms with Gasteiger partial charge in [0.15, 0.2) is 0 Å². The van der Waals surface area contributed by atoms with Gasteiger partial charge in [-0.1, -0.05) is 20.3 Å². The lowest BCUT2D eigenvalue weighted by Gasteiger charge is -2.23. The maximum absolute atomic E-state index is 11.5. The Morgan fingerprint density at radius 1 is 1.35 bits per heavy atom. The molecule has 0 aliphatic carbocycles. The predicted molar refractivity (Wildman–Crippen MR) is 66.4 cm³/mol. The molecule has 0 aromatic heterocycles. The molecule has 5 heteroatoms. The minimum absolute atomic E-state index is 0.322. The van der Waals surface area contributed by atoms with Crippen LogP contribution in [0.1, 0.15) is 47.5 Å². The molecule has 0 aromatic carbocycles. The summed E-state index contributed by atoms with van der Waals surface area (Å²) >= 11 is 0. The fraction of sp³-hybridized carbons (Fsp3) is 0.833. The molecule has 0 aromatic rings. The third-order valence-corrected chi connectivity index (χ3v) is 2.37. The summed E-state index contributed by atoms with van der Waals surface area (Å²) in [6.07, 6.45) is 0.856. The molecule has 0 heterocycles. The van der Waals surface area contributed by atoms with Crippen LogP contribution in [0.3, 0.4) is 0 Å². The smallest absolute Gasteiger partial charge is 0.408 e. The number of hydrogen-bond acceptors (Lipinski definition) is 3. The molecule has 0 aliphatic rings. The first kappa shape index (κ1) is 15.7. The van der Waals surface area contributed by atoms with Gasteiger partial charge in [0.05, 0.1) is 0 Å². The normalized spacial score (nSPS) is 14.9. The van der Waals surface area contributed by atoms with Gasteiger partial charge in [-0.15, -0.1) is 0 Å². The molecule has 0 unspecified atom stereocenters. The number of amides is 2. The van der Waals surface area contributed by atoms with Gasteiger partial charge in [0, 0.05) is 0 Å². The number of rotatable bonds is 5. The molecule has 3 N–H and O–H groups in total. The standard InChI is InChI=1S/C12H24N2O3/c1-6-8(2)7-9(10(13)15)14-11(16)17-12(3,4)5/h8-9H,6-7H2,1-5H3,(H2,13,15)(H,14,16)/t8-,9-/m0/s1. The lowest BCUT2D eigenvalue weighted by Crippen LogP contribution is -2.47. The highest BCUT2D eigenvalue weighted by Gasteiger charge is 2.23. The van der Waals surface area contributed by atoms with E-state index in [1.165, 1.54) is 0 Å². The number of primary amides is 1. The third-order valence-electron chi connectivity index (χ3n) is 2.37. The molecule has 17 heavy (non-hydrogen) atoms. The van der Waals surface area contributed by atoms with Gasteiger partial charge in [-0.2, -0.15) is 0 Å². The van der Waals surface area contributed by atoms with Crippen molar-refractivity contribution in [2.45, 2.75) is 59.1 Å². The molecule has 100 valence electrons. The summed E-state index contributed by atoms with van der Waals surface area (Å²) in [5.74, 6) is -0.210. The molecule has 0 fully saturated rings. The van der Waals surface area contributed by atoms with Crippen molar-refractivity contribution in [1.29, 1.82) is 0 Å². The SMILES string of the molecule is CC[C@H](C)C[C@H](NC(=O)OC(C)(C)C)C(N)=O. The Balaban J connectivity index is 4.35. The lowest BCUT2D eigenvalue weighted by molar-refractivity contribution is -0.120. The molecular formula is C12H24N2O3. The molecule has 5 nitrogen and oxygen atoms in total. The highest BCUT2D eigenvalue weighted by Crippen LogP contribution is 2.11. The number of carbonyl (C=O) groups excluding carboxylic acids is 2. The van der Waals surface area contributed by atoms with E-state index in [1.54, 1.807) is 20.8 Å². The fourth-order valence-corrected chi connectivity index (χ4v) is 1.27. The van der Waals surface area contributed by atoms with Gasteiger partial charge in [0.1, 0.15) is 11.6 Å². The van der Waals surface area contributed by atoms with Crippen molar-refractivity contribution in [1.82, 2.24) is 5.32 Å². The van der Waals surface area contributed by atoms with Crippen molar-refractivity contribution < 1.29 is 14.3 Å². The number of nitrogens with one attached hydrogen (secondary N) is 1. The van der Waals surface area contributed by atoms with Crippen LogP contribution in [-0.4, -0.2) is 23.6 Å². The maximum atomic E-state index is 11.5. The molecular weight excluding hydrogens is 220 g/mol. The van der Waals surface area contributed by atoms with E-state index in [0.717, 1.165) is 6.42 Å². The van der Waals surface area contributed by atoms with Crippen molar-refractivity contribution in [2.24, 2.45) is 11.7 Å². The van der Waals surface area contributed by atoms with Crippen molar-refractivity contribution >= 4 is 12.0 Å². The van der Waals surface area contributed by atoms with Crippen LogP contribution in [0.5, 0.6) is 0 Å². The highest BCUT2D eigenvalue weighted by atomic mass is 16.6. The van der Waals surface area contributed by atoms with E-state index in [9.17, 15) is 9.59 Å². The van der Waals surface area contributed by atoms with Crippen LogP contribution in [0.2, 0.25) is 0 Å². The second kappa shape index (κ2) is 6.47. The summed E-state index contributed by atoms with van der Waals surface area (Å²) in [6, 6.07) is -0.667. The van der Waals surface area contributed by atoms with Crippen LogP contribution in [0.25, 0.3) is 0 Å². The average Bonchev–Trinajstić information content (AvgIpc) is 2.13. The zero-order chi connectivity index (χ0) is 13.6. The number of hydrogen-bond donors (Lipinski definition) is 2. The Morgan fingerprint density at radius 2 is 1.88 bits per heavy atom. The summed E-state index contributed by atoms with van der Waals surface area (Å²) in [4.78, 5) is 22.7. The van der Waals surface area contributed by atoms with Gasteiger partial charge in [0.25, 0.3) is 0 Å². The van der Waals surface area contributed by atoms with Gasteiger partial charge in [-0.05, 0) is 33.1 Å². The predicted octanol–water partition coefficient (Wildman–Crippen LogP) is 1.80. The molecule has 2 amide bonds. The van der Waals surface area contributed by atoms with E-state index in [-0.39, 0.29) is 0 Å². The minimum atomic E-state index is -0.667. The first-order chi connectivity index (χ1) is 7.65. The Hall–Kier alpha value is -1.26. The summed E-state index contributed by atoms with van der Waals surface area (Å²) in [5.41, 5.74) is 4.66. The molecule has 0 saturated carbocycles. The third kappa shape index (κ3) is 7.60. The van der Waals surface area contributed by atoms with E-state index >= 15 is 0 Å². The molecule has 0 bridgehead atoms. The minimum Gasteiger partial charge on any atom is -0.444 e. The molecule has 0 spiro atoms. The van der Waals surface area contributed by atoms with Crippen LogP contribution in [-0.2, 0) is 9.53 Å². The maximum Gasteiger partial charge on any atom is 0.408 e. The van der Waals surface area contributed by atoms with Gasteiger partial charge >= 0.3 is 6.09 Å². The van der Waals surface area contributed by atoms with Crippen molar-refractivity contribution in [3.63, 3.8) is 0 Å². The van der Waals surface area contributed by atoms with Gasteiger partial charge in [0.2, 0.25) is 5.91 Å². The van der Waals surface area contributed by atoms with E-state index < -0.39 is 23.6 Å². The van der Waals surface area contributed by atoms with Gasteiger partial charge < -0.3 is 15.8 Å². The largest absolute Gasteiger partial charge is 0.444 e. The summed E-state index contributed by atoms with van der Waals surface area (Å²) in [6.45, 7) is 9.32. The summed E-state index contributed by atoms with van der Waals surface area (Å²) in [5, 5.41) is 2.50. The second-order valence-corrected chi connectivity index (χ2v) is 5.35. The van der Waals surface area contributed by atoms with E-state index in [1.807, 2.05) is 13.8 Å². The average molecular weight is 244 g/mol. The zero-order valence-corrected chi connectivity index (χ0v) is 11.4. The Bertz CT molecular complexity index is 271. The van der Waals surface area contributed by atoms with E-state index in [2.05, 4.69) is 5.32 Å². The quantitative estimate of drug-likeness (QED) is 0.773. The Labute approximate surface area is 103 Å². The van der Waals surface area contributed by atoms with Crippen LogP contribution in [0.15, 0.2) is 0 Å². The van der Waals surface area contributed by atoms with E-state index in [0.29, 0.717) is 12.3 Å². The Kier molecular flexibility index (Phi) is 5.99. The molecule has 0 radical (unpaired) electrons. The molecule has 2 atom stereocenters. The summed E-state index contributed by atoms with van der Waals surface area (Å²) in [7, 11) is 0. The van der Waals surface area contributed by atoms with Gasteiger partial charge in [-0.3, -0.25) is 4.79 Å². The monoisotopic (exact) mass is 244 g/mol. The lowest BCUT2D eigenvalue weighted by atomic mass is 9.99. The fourth-order valence-electron chi connectivity index (χ4n) is 1.27. The number of alkyl carbamates (subject to hydrolysis) is 1. The van der Waals surface area contributed by atoms with Gasteiger partial charge in [-0.25, -0.2) is 4.79 Å². The number of ether oxygens (including phenoxy) is 1.